The SMILES string of the molecule is CCCn1cc(CCCO)c2c(C)c(C(=O)O)cc(C)c21. The number of aliphatic hydroxyl groups excluding tert-OH is 1. The van der Waals surface area contributed by atoms with Crippen LogP contribution in [0, 0.1) is 13.8 Å². The maximum absolute atomic E-state index is 11.4. The average molecular weight is 289 g/mol. The fraction of sp³-hybridized carbons (Fsp3) is 0.471. The fourth-order valence-corrected chi connectivity index (χ4v) is 3.08. The van der Waals surface area contributed by atoms with E-state index in [0.29, 0.717) is 12.0 Å². The van der Waals surface area contributed by atoms with Crippen molar-refractivity contribution in [1.29, 1.82) is 0 Å². The molecule has 0 bridgehead atoms. The Hall–Kier alpha value is -1.81. The minimum atomic E-state index is -0.881. The average Bonchev–Trinajstić information content (AvgIpc) is 2.80. The number of aromatic carboxylic acids is 1. The van der Waals surface area contributed by atoms with Crippen molar-refractivity contribution in [3.05, 3.63) is 34.5 Å². The number of aryl methyl sites for hydroxylation is 4. The molecule has 4 heteroatoms. The number of carboxylic acid groups (broad SMARTS) is 1. The first-order chi connectivity index (χ1) is 10.0. The molecule has 0 fully saturated rings. The van der Waals surface area contributed by atoms with E-state index in [1.807, 2.05) is 13.8 Å². The number of hydrogen-bond acceptors (Lipinski definition) is 2. The third-order valence-electron chi connectivity index (χ3n) is 3.97. The van der Waals surface area contributed by atoms with Gasteiger partial charge in [-0.3, -0.25) is 0 Å². The summed E-state index contributed by atoms with van der Waals surface area (Å²) in [6, 6.07) is 1.77. The summed E-state index contributed by atoms with van der Waals surface area (Å²) in [5.74, 6) is -0.881. The molecule has 0 unspecified atom stereocenters. The Kier molecular flexibility index (Phi) is 4.68. The summed E-state index contributed by atoms with van der Waals surface area (Å²) >= 11 is 0. The topological polar surface area (TPSA) is 62.5 Å². The lowest BCUT2D eigenvalue weighted by molar-refractivity contribution is 0.0696. The molecule has 0 spiro atoms. The van der Waals surface area contributed by atoms with Gasteiger partial charge in [-0.15, -0.1) is 0 Å². The molecule has 2 N–H and O–H groups in total. The number of rotatable bonds is 6. The van der Waals surface area contributed by atoms with Gasteiger partial charge in [-0.1, -0.05) is 6.92 Å². The zero-order valence-corrected chi connectivity index (χ0v) is 12.9. The highest BCUT2D eigenvalue weighted by Gasteiger charge is 2.18. The Morgan fingerprint density at radius 2 is 2.05 bits per heavy atom. The molecule has 2 aromatic rings. The van der Waals surface area contributed by atoms with Gasteiger partial charge < -0.3 is 14.8 Å². The lowest BCUT2D eigenvalue weighted by Crippen LogP contribution is -2.03. The van der Waals surface area contributed by atoms with E-state index in [4.69, 9.17) is 5.11 Å². The van der Waals surface area contributed by atoms with Crippen LogP contribution in [0.5, 0.6) is 0 Å². The molecule has 1 heterocycles. The number of aromatic nitrogens is 1. The Labute approximate surface area is 125 Å². The summed E-state index contributed by atoms with van der Waals surface area (Å²) in [5, 5.41) is 19.5. The Morgan fingerprint density at radius 3 is 2.62 bits per heavy atom. The van der Waals surface area contributed by atoms with Crippen molar-refractivity contribution >= 4 is 16.9 Å². The number of carbonyl (C=O) groups is 1. The van der Waals surface area contributed by atoms with Crippen LogP contribution in [-0.2, 0) is 13.0 Å². The molecule has 0 saturated heterocycles. The van der Waals surface area contributed by atoms with Crippen LogP contribution in [0.4, 0.5) is 0 Å². The third-order valence-corrected chi connectivity index (χ3v) is 3.97. The van der Waals surface area contributed by atoms with Gasteiger partial charge in [-0.25, -0.2) is 4.79 Å². The lowest BCUT2D eigenvalue weighted by atomic mass is 9.97. The van der Waals surface area contributed by atoms with E-state index in [1.165, 1.54) is 0 Å². The molecule has 0 aliphatic carbocycles. The Morgan fingerprint density at radius 1 is 1.33 bits per heavy atom. The highest BCUT2D eigenvalue weighted by atomic mass is 16.4. The van der Waals surface area contributed by atoms with Crippen molar-refractivity contribution in [2.45, 2.75) is 46.6 Å². The monoisotopic (exact) mass is 289 g/mol. The molecule has 114 valence electrons. The van der Waals surface area contributed by atoms with Gasteiger partial charge in [0.15, 0.2) is 0 Å². The summed E-state index contributed by atoms with van der Waals surface area (Å²) < 4.78 is 2.22. The van der Waals surface area contributed by atoms with Gasteiger partial charge in [0, 0.05) is 24.7 Å². The summed E-state index contributed by atoms with van der Waals surface area (Å²) in [7, 11) is 0. The molecule has 0 radical (unpaired) electrons. The van der Waals surface area contributed by atoms with Crippen LogP contribution in [0.1, 0.15) is 46.8 Å². The maximum Gasteiger partial charge on any atom is 0.335 e. The second kappa shape index (κ2) is 6.31. The first-order valence-electron chi connectivity index (χ1n) is 7.47. The summed E-state index contributed by atoms with van der Waals surface area (Å²) in [5.41, 5.74) is 4.46. The Balaban J connectivity index is 2.74. The van der Waals surface area contributed by atoms with E-state index < -0.39 is 5.97 Å². The minimum absolute atomic E-state index is 0.150. The lowest BCUT2D eigenvalue weighted by Gasteiger charge is -2.10. The zero-order valence-electron chi connectivity index (χ0n) is 12.9. The van der Waals surface area contributed by atoms with E-state index >= 15 is 0 Å². The number of fused-ring (bicyclic) bond motifs is 1. The molecular formula is C17H23NO3. The van der Waals surface area contributed by atoms with E-state index in [9.17, 15) is 9.90 Å². The van der Waals surface area contributed by atoms with Crippen LogP contribution in [0.15, 0.2) is 12.3 Å². The van der Waals surface area contributed by atoms with Gasteiger partial charge in [-0.2, -0.15) is 0 Å². The number of aliphatic hydroxyl groups is 1. The first kappa shape index (κ1) is 15.6. The van der Waals surface area contributed by atoms with E-state index in [1.54, 1.807) is 6.07 Å². The molecule has 1 aromatic carbocycles. The van der Waals surface area contributed by atoms with Gasteiger partial charge in [0.2, 0.25) is 0 Å². The molecule has 2 rings (SSSR count). The molecule has 4 nitrogen and oxygen atoms in total. The molecule has 1 aromatic heterocycles. The Bertz CT molecular complexity index is 670. The summed E-state index contributed by atoms with van der Waals surface area (Å²) in [4.78, 5) is 11.4. The van der Waals surface area contributed by atoms with Gasteiger partial charge in [-0.05, 0) is 55.9 Å². The van der Waals surface area contributed by atoms with Crippen molar-refractivity contribution in [2.24, 2.45) is 0 Å². The second-order valence-electron chi connectivity index (χ2n) is 5.57. The predicted molar refractivity (Wildman–Crippen MR) is 84.1 cm³/mol. The van der Waals surface area contributed by atoms with Gasteiger partial charge in [0.05, 0.1) is 11.1 Å². The predicted octanol–water partition coefficient (Wildman–Crippen LogP) is 3.29. The number of nitrogens with zero attached hydrogens (tertiary/aromatic N) is 1. The van der Waals surface area contributed by atoms with Crippen LogP contribution < -0.4 is 0 Å². The smallest absolute Gasteiger partial charge is 0.335 e. The van der Waals surface area contributed by atoms with Crippen LogP contribution in [0.2, 0.25) is 0 Å². The molecular weight excluding hydrogens is 266 g/mol. The highest BCUT2D eigenvalue weighted by Crippen LogP contribution is 2.31. The van der Waals surface area contributed by atoms with E-state index in [-0.39, 0.29) is 6.61 Å². The van der Waals surface area contributed by atoms with Crippen molar-refractivity contribution in [3.8, 4) is 0 Å². The zero-order chi connectivity index (χ0) is 15.6. The normalized spacial score (nSPS) is 11.2. The van der Waals surface area contributed by atoms with Crippen LogP contribution in [0.3, 0.4) is 0 Å². The van der Waals surface area contributed by atoms with Crippen molar-refractivity contribution in [3.63, 3.8) is 0 Å². The molecule has 0 atom stereocenters. The first-order valence-corrected chi connectivity index (χ1v) is 7.47. The number of benzene rings is 1. The minimum Gasteiger partial charge on any atom is -0.478 e. The second-order valence-corrected chi connectivity index (χ2v) is 5.57. The van der Waals surface area contributed by atoms with Crippen LogP contribution in [0.25, 0.3) is 10.9 Å². The standard InChI is InChI=1S/C17H23NO3/c1-4-7-18-10-13(6-5-8-19)15-12(3)14(17(20)21)9-11(2)16(15)18/h9-10,19H,4-8H2,1-3H3,(H,20,21). The molecule has 21 heavy (non-hydrogen) atoms. The fourth-order valence-electron chi connectivity index (χ4n) is 3.08. The third kappa shape index (κ3) is 2.81. The molecule has 0 aliphatic heterocycles. The quantitative estimate of drug-likeness (QED) is 0.857. The van der Waals surface area contributed by atoms with Crippen molar-refractivity contribution in [2.75, 3.05) is 6.61 Å². The maximum atomic E-state index is 11.4. The van der Waals surface area contributed by atoms with E-state index in [0.717, 1.165) is 47.0 Å². The van der Waals surface area contributed by atoms with Crippen molar-refractivity contribution in [1.82, 2.24) is 4.57 Å². The van der Waals surface area contributed by atoms with Gasteiger partial charge in [0.25, 0.3) is 0 Å². The van der Waals surface area contributed by atoms with Gasteiger partial charge >= 0.3 is 5.97 Å². The molecule has 0 aliphatic rings. The largest absolute Gasteiger partial charge is 0.478 e. The molecule has 0 saturated carbocycles. The van der Waals surface area contributed by atoms with Crippen molar-refractivity contribution < 1.29 is 15.0 Å². The summed E-state index contributed by atoms with van der Waals surface area (Å²) in [6.45, 7) is 7.05. The summed E-state index contributed by atoms with van der Waals surface area (Å²) in [6.07, 6.45) is 4.62. The highest BCUT2D eigenvalue weighted by molar-refractivity contribution is 5.99. The van der Waals surface area contributed by atoms with Gasteiger partial charge in [0.1, 0.15) is 0 Å². The molecule has 0 amide bonds. The van der Waals surface area contributed by atoms with Crippen LogP contribution in [-0.4, -0.2) is 27.4 Å². The number of hydrogen-bond donors (Lipinski definition) is 2. The van der Waals surface area contributed by atoms with E-state index in [2.05, 4.69) is 17.7 Å². The number of carboxylic acids is 1. The van der Waals surface area contributed by atoms with Crippen LogP contribution >= 0.6 is 0 Å².